The van der Waals surface area contributed by atoms with Gasteiger partial charge in [0.25, 0.3) is 5.56 Å². The minimum Gasteiger partial charge on any atom is -0.332 e. The van der Waals surface area contributed by atoms with Crippen LogP contribution in [0.25, 0.3) is 10.9 Å². The summed E-state index contributed by atoms with van der Waals surface area (Å²) in [5.74, 6) is -0.0202. The van der Waals surface area contributed by atoms with Crippen LogP contribution in [0.3, 0.4) is 0 Å². The molecule has 3 aromatic rings. The summed E-state index contributed by atoms with van der Waals surface area (Å²) in [5, 5.41) is 3.29. The number of aryl methyl sites for hydroxylation is 1. The third-order valence-electron chi connectivity index (χ3n) is 4.18. The molecule has 1 atom stereocenters. The van der Waals surface area contributed by atoms with Crippen molar-refractivity contribution in [2.45, 2.75) is 26.8 Å². The van der Waals surface area contributed by atoms with Gasteiger partial charge in [-0.25, -0.2) is 4.98 Å². The first kappa shape index (κ1) is 18.0. The maximum atomic E-state index is 13.0. The van der Waals surface area contributed by atoms with Crippen LogP contribution in [-0.2, 0) is 4.79 Å². The second-order valence-corrected chi connectivity index (χ2v) is 6.93. The van der Waals surface area contributed by atoms with Crippen LogP contribution in [0, 0.1) is 17.6 Å². The Morgan fingerprint density at radius 2 is 2.00 bits per heavy atom. The highest BCUT2D eigenvalue weighted by atomic mass is 32.1. The Hall–Kier alpha value is -2.80. The number of nitrogens with one attached hydrogen (secondary N) is 2. The number of amides is 1. The molecular weight excluding hydrogens is 348 g/mol. The van der Waals surface area contributed by atoms with E-state index in [1.807, 2.05) is 32.9 Å². The number of para-hydroxylation sites is 1. The van der Waals surface area contributed by atoms with Gasteiger partial charge in [-0.05, 0) is 54.9 Å². The number of fused-ring (bicyclic) bond motifs is 1. The van der Waals surface area contributed by atoms with Crippen LogP contribution in [0.4, 0.5) is 5.82 Å². The van der Waals surface area contributed by atoms with Crippen molar-refractivity contribution < 1.29 is 4.79 Å². The van der Waals surface area contributed by atoms with Gasteiger partial charge < -0.3 is 10.3 Å². The van der Waals surface area contributed by atoms with E-state index in [1.165, 1.54) is 4.57 Å². The van der Waals surface area contributed by atoms with Crippen LogP contribution in [0.2, 0.25) is 0 Å². The first-order valence-electron chi connectivity index (χ1n) is 8.35. The molecule has 7 heteroatoms. The lowest BCUT2D eigenvalue weighted by Gasteiger charge is -2.23. The first-order valence-corrected chi connectivity index (χ1v) is 8.76. The molecular formula is C19H20N4O2S. The van der Waals surface area contributed by atoms with Gasteiger partial charge in [-0.1, -0.05) is 26.0 Å². The van der Waals surface area contributed by atoms with Crippen molar-refractivity contribution in [2.24, 2.45) is 5.92 Å². The van der Waals surface area contributed by atoms with Gasteiger partial charge in [0.15, 0.2) is 4.77 Å². The Balaban J connectivity index is 2.08. The van der Waals surface area contributed by atoms with E-state index in [0.717, 1.165) is 5.56 Å². The van der Waals surface area contributed by atoms with Crippen molar-refractivity contribution in [1.29, 1.82) is 0 Å². The molecule has 0 saturated carbocycles. The average Bonchev–Trinajstić information content (AvgIpc) is 2.58. The zero-order chi connectivity index (χ0) is 18.8. The lowest BCUT2D eigenvalue weighted by molar-refractivity contribution is -0.120. The number of carbonyl (C=O) groups excluding carboxylic acids is 1. The van der Waals surface area contributed by atoms with Gasteiger partial charge in [-0.2, -0.15) is 0 Å². The number of anilines is 1. The largest absolute Gasteiger partial charge is 0.332 e. The van der Waals surface area contributed by atoms with Crippen molar-refractivity contribution in [1.82, 2.24) is 14.5 Å². The van der Waals surface area contributed by atoms with Crippen molar-refractivity contribution in [2.75, 3.05) is 5.32 Å². The summed E-state index contributed by atoms with van der Waals surface area (Å²) in [6, 6.07) is 9.99. The molecule has 0 aliphatic heterocycles. The summed E-state index contributed by atoms with van der Waals surface area (Å²) in [4.78, 5) is 33.1. The molecule has 2 heterocycles. The number of aromatic nitrogens is 3. The lowest BCUT2D eigenvalue weighted by atomic mass is 10.0. The number of pyridine rings is 1. The summed E-state index contributed by atoms with van der Waals surface area (Å²) in [6.45, 7) is 5.68. The van der Waals surface area contributed by atoms with Crippen LogP contribution in [0.15, 0.2) is 47.4 Å². The molecule has 0 bridgehead atoms. The highest BCUT2D eigenvalue weighted by molar-refractivity contribution is 7.71. The standard InChI is InChI=1S/C19H20N4O2S/c1-11(2)16(17(24)22-15-10-12(3)8-9-20-15)23-18(25)13-6-4-5-7-14(13)21-19(23)26/h4-11,16H,1-3H3,(H,21,26)(H,20,22,24). The Morgan fingerprint density at radius 1 is 1.27 bits per heavy atom. The van der Waals surface area contributed by atoms with E-state index in [2.05, 4.69) is 15.3 Å². The molecule has 134 valence electrons. The van der Waals surface area contributed by atoms with Gasteiger partial charge in [0.2, 0.25) is 5.91 Å². The number of aromatic amines is 1. The van der Waals surface area contributed by atoms with Crippen LogP contribution < -0.4 is 10.9 Å². The zero-order valence-corrected chi connectivity index (χ0v) is 15.6. The monoisotopic (exact) mass is 368 g/mol. The van der Waals surface area contributed by atoms with Crippen molar-refractivity contribution in [3.05, 3.63) is 63.3 Å². The van der Waals surface area contributed by atoms with Crippen molar-refractivity contribution in [3.8, 4) is 0 Å². The molecule has 0 aliphatic rings. The number of H-pyrrole nitrogens is 1. The molecule has 1 unspecified atom stereocenters. The predicted molar refractivity (Wildman–Crippen MR) is 105 cm³/mol. The molecule has 26 heavy (non-hydrogen) atoms. The van der Waals surface area contributed by atoms with Crippen LogP contribution in [-0.4, -0.2) is 20.4 Å². The molecule has 3 rings (SSSR count). The number of hydrogen-bond donors (Lipinski definition) is 2. The van der Waals surface area contributed by atoms with Crippen LogP contribution in [0.1, 0.15) is 25.5 Å². The third-order valence-corrected chi connectivity index (χ3v) is 4.48. The fraction of sp³-hybridized carbons (Fsp3) is 0.263. The van der Waals surface area contributed by atoms with E-state index in [9.17, 15) is 9.59 Å². The molecule has 1 aromatic carbocycles. The number of rotatable bonds is 4. The highest BCUT2D eigenvalue weighted by Crippen LogP contribution is 2.20. The molecule has 0 spiro atoms. The fourth-order valence-corrected chi connectivity index (χ4v) is 3.26. The average molecular weight is 368 g/mol. The minimum absolute atomic E-state index is 0.145. The SMILES string of the molecule is Cc1ccnc(NC(=O)C(C(C)C)n2c(=S)[nH]c3ccccc3c2=O)c1. The summed E-state index contributed by atoms with van der Waals surface area (Å²) < 4.78 is 1.58. The van der Waals surface area contributed by atoms with Gasteiger partial charge in [0.1, 0.15) is 11.9 Å². The smallest absolute Gasteiger partial charge is 0.262 e. The van der Waals surface area contributed by atoms with Gasteiger partial charge in [-0.15, -0.1) is 0 Å². The van der Waals surface area contributed by atoms with E-state index in [1.54, 1.807) is 30.5 Å². The van der Waals surface area contributed by atoms with Crippen molar-refractivity contribution >= 4 is 34.8 Å². The van der Waals surface area contributed by atoms with Crippen LogP contribution in [0.5, 0.6) is 0 Å². The summed E-state index contributed by atoms with van der Waals surface area (Å²) in [6.07, 6.45) is 1.63. The second-order valence-electron chi connectivity index (χ2n) is 6.55. The third kappa shape index (κ3) is 3.43. The maximum Gasteiger partial charge on any atom is 0.262 e. The van der Waals surface area contributed by atoms with E-state index < -0.39 is 6.04 Å². The molecule has 1 amide bonds. The normalized spacial score (nSPS) is 12.3. The summed E-state index contributed by atoms with van der Waals surface area (Å²) in [5.41, 5.74) is 1.36. The Bertz CT molecular complexity index is 1080. The molecule has 6 nitrogen and oxygen atoms in total. The quantitative estimate of drug-likeness (QED) is 0.690. The van der Waals surface area contributed by atoms with Gasteiger partial charge in [0, 0.05) is 6.20 Å². The maximum absolute atomic E-state index is 13.0. The fourth-order valence-electron chi connectivity index (χ4n) is 2.95. The van der Waals surface area contributed by atoms with E-state index in [-0.39, 0.29) is 22.2 Å². The zero-order valence-electron chi connectivity index (χ0n) is 14.8. The van der Waals surface area contributed by atoms with Gasteiger partial charge >= 0.3 is 0 Å². The molecule has 0 aliphatic carbocycles. The number of carbonyl (C=O) groups is 1. The lowest BCUT2D eigenvalue weighted by Crippen LogP contribution is -2.37. The molecule has 2 N–H and O–H groups in total. The van der Waals surface area contributed by atoms with Gasteiger partial charge in [0.05, 0.1) is 10.9 Å². The van der Waals surface area contributed by atoms with E-state index >= 15 is 0 Å². The molecule has 0 radical (unpaired) electrons. The second kappa shape index (κ2) is 7.21. The van der Waals surface area contributed by atoms with E-state index in [0.29, 0.717) is 16.7 Å². The number of hydrogen-bond acceptors (Lipinski definition) is 4. The van der Waals surface area contributed by atoms with E-state index in [4.69, 9.17) is 12.2 Å². The molecule has 0 fully saturated rings. The topological polar surface area (TPSA) is 79.8 Å². The van der Waals surface area contributed by atoms with Crippen molar-refractivity contribution in [3.63, 3.8) is 0 Å². The number of nitrogens with zero attached hydrogens (tertiary/aromatic N) is 2. The highest BCUT2D eigenvalue weighted by Gasteiger charge is 2.27. The summed E-state index contributed by atoms with van der Waals surface area (Å²) >= 11 is 5.38. The van der Waals surface area contributed by atoms with Crippen LogP contribution >= 0.6 is 12.2 Å². The van der Waals surface area contributed by atoms with Gasteiger partial charge in [-0.3, -0.25) is 14.2 Å². The Morgan fingerprint density at radius 3 is 2.69 bits per heavy atom. The summed E-state index contributed by atoms with van der Waals surface area (Å²) in [7, 11) is 0. The Labute approximate surface area is 155 Å². The predicted octanol–water partition coefficient (Wildman–Crippen LogP) is 3.60. The Kier molecular flexibility index (Phi) is 4.99. The number of benzene rings is 1. The molecule has 0 saturated heterocycles. The molecule has 2 aromatic heterocycles. The minimum atomic E-state index is -0.752. The first-order chi connectivity index (χ1) is 12.4.